The molecule has 3 nitrogen and oxygen atoms in total. The summed E-state index contributed by atoms with van der Waals surface area (Å²) in [7, 11) is 1.58. The van der Waals surface area contributed by atoms with E-state index in [0.717, 1.165) is 19.4 Å². The topological polar surface area (TPSA) is 38.3 Å². The Morgan fingerprint density at radius 3 is 2.48 bits per heavy atom. The molecule has 1 amide bonds. The van der Waals surface area contributed by atoms with Crippen LogP contribution in [0.2, 0.25) is 0 Å². The molecule has 0 aliphatic carbocycles. The molecule has 0 saturated carbocycles. The van der Waals surface area contributed by atoms with Crippen molar-refractivity contribution in [3.8, 4) is 5.75 Å². The maximum Gasteiger partial charge on any atom is 0.228 e. The van der Waals surface area contributed by atoms with E-state index in [1.54, 1.807) is 13.2 Å². The molecule has 1 N–H and O–H groups in total. The van der Waals surface area contributed by atoms with Gasteiger partial charge in [0.2, 0.25) is 5.91 Å². The van der Waals surface area contributed by atoms with Gasteiger partial charge in [-0.3, -0.25) is 4.79 Å². The molecule has 0 saturated heterocycles. The van der Waals surface area contributed by atoms with Gasteiger partial charge in [-0.05, 0) is 55.6 Å². The number of benzene rings is 2. The average molecular weight is 431 g/mol. The highest BCUT2D eigenvalue weighted by molar-refractivity contribution is 9.11. The maximum absolute atomic E-state index is 12.1. The molecule has 0 aromatic heterocycles. The quantitative estimate of drug-likeness (QED) is 0.690. The van der Waals surface area contributed by atoms with Gasteiger partial charge in [-0.2, -0.15) is 0 Å². The van der Waals surface area contributed by atoms with Gasteiger partial charge in [-0.15, -0.1) is 12.6 Å². The van der Waals surface area contributed by atoms with Gasteiger partial charge in [-0.1, -0.05) is 12.1 Å². The lowest BCUT2D eigenvalue weighted by Gasteiger charge is -2.11. The van der Waals surface area contributed by atoms with Crippen molar-refractivity contribution in [1.29, 1.82) is 0 Å². The summed E-state index contributed by atoms with van der Waals surface area (Å²) >= 11 is 11.0. The molecule has 0 fully saturated rings. The number of hydrogen-bond donors (Lipinski definition) is 2. The fourth-order valence-corrected chi connectivity index (χ4v) is 3.18. The highest BCUT2D eigenvalue weighted by atomic mass is 79.9. The number of halogens is 2. The van der Waals surface area contributed by atoms with Gasteiger partial charge in [0, 0.05) is 15.4 Å². The molecule has 0 unspecified atom stereocenters. The minimum Gasteiger partial charge on any atom is -0.495 e. The molecule has 0 spiro atoms. The van der Waals surface area contributed by atoms with Crippen LogP contribution in [-0.2, 0) is 11.2 Å². The standard InChI is InChI=1S/C15H13Br2NO2S/c1-20-14-8-13(11(16)7-12(14)17)18-15(19)6-9-2-4-10(21)5-3-9/h2-5,7-8,21H,6H2,1H3,(H,18,19). The average Bonchev–Trinajstić information content (AvgIpc) is 2.44. The third kappa shape index (κ3) is 4.49. The van der Waals surface area contributed by atoms with Crippen LogP contribution in [0, 0.1) is 0 Å². The molecule has 21 heavy (non-hydrogen) atoms. The first-order chi connectivity index (χ1) is 9.99. The van der Waals surface area contributed by atoms with E-state index >= 15 is 0 Å². The Labute approximate surface area is 145 Å². The van der Waals surface area contributed by atoms with Crippen LogP contribution >= 0.6 is 44.5 Å². The predicted octanol–water partition coefficient (Wildman–Crippen LogP) is 4.69. The van der Waals surface area contributed by atoms with E-state index in [0.29, 0.717) is 17.9 Å². The fourth-order valence-electron chi connectivity index (χ4n) is 1.77. The summed E-state index contributed by atoms with van der Waals surface area (Å²) in [5.74, 6) is 0.569. The number of nitrogens with one attached hydrogen (secondary N) is 1. The van der Waals surface area contributed by atoms with Crippen molar-refractivity contribution in [3.05, 3.63) is 50.9 Å². The minimum atomic E-state index is -0.0908. The van der Waals surface area contributed by atoms with E-state index in [-0.39, 0.29) is 5.91 Å². The van der Waals surface area contributed by atoms with Crippen LogP contribution in [0.3, 0.4) is 0 Å². The van der Waals surface area contributed by atoms with E-state index in [4.69, 9.17) is 4.74 Å². The summed E-state index contributed by atoms with van der Waals surface area (Å²) in [6, 6.07) is 11.1. The second-order valence-electron chi connectivity index (χ2n) is 4.36. The number of methoxy groups -OCH3 is 1. The molecule has 2 aromatic rings. The number of hydrogen-bond acceptors (Lipinski definition) is 3. The molecule has 0 radical (unpaired) electrons. The van der Waals surface area contributed by atoms with E-state index in [1.807, 2.05) is 30.3 Å². The Balaban J connectivity index is 2.10. The number of carbonyl (C=O) groups is 1. The van der Waals surface area contributed by atoms with Crippen LogP contribution in [0.1, 0.15) is 5.56 Å². The normalized spacial score (nSPS) is 10.3. The molecule has 110 valence electrons. The van der Waals surface area contributed by atoms with Crippen LogP contribution < -0.4 is 10.1 Å². The number of rotatable bonds is 4. The van der Waals surface area contributed by atoms with Gasteiger partial charge in [0.05, 0.1) is 23.7 Å². The summed E-state index contributed by atoms with van der Waals surface area (Å²) in [6.07, 6.45) is 0.304. The number of thiol groups is 1. The SMILES string of the molecule is COc1cc(NC(=O)Cc2ccc(S)cc2)c(Br)cc1Br. The first-order valence-corrected chi connectivity index (χ1v) is 8.13. The first kappa shape index (κ1) is 16.4. The molecular weight excluding hydrogens is 418 g/mol. The van der Waals surface area contributed by atoms with Crippen LogP contribution in [0.25, 0.3) is 0 Å². The molecular formula is C15H13Br2NO2S. The first-order valence-electron chi connectivity index (χ1n) is 6.10. The Morgan fingerprint density at radius 1 is 1.19 bits per heavy atom. The lowest BCUT2D eigenvalue weighted by molar-refractivity contribution is -0.115. The predicted molar refractivity (Wildman–Crippen MR) is 94.4 cm³/mol. The molecule has 0 aliphatic heterocycles. The summed E-state index contributed by atoms with van der Waals surface area (Å²) in [4.78, 5) is 13.0. The third-order valence-corrected chi connectivity index (χ3v) is 4.39. The van der Waals surface area contributed by atoms with Crippen molar-refractivity contribution >= 4 is 56.1 Å². The number of anilines is 1. The maximum atomic E-state index is 12.1. The van der Waals surface area contributed by atoms with E-state index in [2.05, 4.69) is 49.8 Å². The second-order valence-corrected chi connectivity index (χ2v) is 6.58. The van der Waals surface area contributed by atoms with Crippen molar-refractivity contribution in [2.75, 3.05) is 12.4 Å². The van der Waals surface area contributed by atoms with Crippen LogP contribution in [-0.4, -0.2) is 13.0 Å². The highest BCUT2D eigenvalue weighted by Crippen LogP contribution is 2.34. The van der Waals surface area contributed by atoms with Crippen LogP contribution in [0.15, 0.2) is 50.2 Å². The zero-order chi connectivity index (χ0) is 15.4. The highest BCUT2D eigenvalue weighted by Gasteiger charge is 2.10. The van der Waals surface area contributed by atoms with Crippen molar-refractivity contribution < 1.29 is 9.53 Å². The summed E-state index contributed by atoms with van der Waals surface area (Å²) in [5.41, 5.74) is 1.61. The lowest BCUT2D eigenvalue weighted by atomic mass is 10.1. The molecule has 0 bridgehead atoms. The van der Waals surface area contributed by atoms with Gasteiger partial charge in [-0.25, -0.2) is 0 Å². The smallest absolute Gasteiger partial charge is 0.228 e. The Kier molecular flexibility index (Phi) is 5.72. The van der Waals surface area contributed by atoms with E-state index in [9.17, 15) is 4.79 Å². The second kappa shape index (κ2) is 7.33. The molecule has 6 heteroatoms. The molecule has 0 heterocycles. The number of ether oxygens (including phenoxy) is 1. The van der Waals surface area contributed by atoms with Crippen LogP contribution in [0.4, 0.5) is 5.69 Å². The van der Waals surface area contributed by atoms with Crippen molar-refractivity contribution in [2.45, 2.75) is 11.3 Å². The van der Waals surface area contributed by atoms with Gasteiger partial charge >= 0.3 is 0 Å². The zero-order valence-electron chi connectivity index (χ0n) is 11.2. The molecule has 2 aromatic carbocycles. The van der Waals surface area contributed by atoms with Crippen molar-refractivity contribution in [1.82, 2.24) is 0 Å². The van der Waals surface area contributed by atoms with Gasteiger partial charge < -0.3 is 10.1 Å². The Hall–Kier alpha value is -0.980. The summed E-state index contributed by atoms with van der Waals surface area (Å²) < 4.78 is 6.83. The number of carbonyl (C=O) groups excluding carboxylic acids is 1. The monoisotopic (exact) mass is 429 g/mol. The lowest BCUT2D eigenvalue weighted by Crippen LogP contribution is -2.14. The summed E-state index contributed by atoms with van der Waals surface area (Å²) in [5, 5.41) is 2.87. The van der Waals surface area contributed by atoms with Crippen molar-refractivity contribution in [2.24, 2.45) is 0 Å². The number of amides is 1. The van der Waals surface area contributed by atoms with Crippen LogP contribution in [0.5, 0.6) is 5.75 Å². The Bertz CT molecular complexity index is 659. The largest absolute Gasteiger partial charge is 0.495 e. The van der Waals surface area contributed by atoms with Gasteiger partial charge in [0.25, 0.3) is 0 Å². The van der Waals surface area contributed by atoms with Crippen molar-refractivity contribution in [3.63, 3.8) is 0 Å². The molecule has 0 aliphatic rings. The van der Waals surface area contributed by atoms with Gasteiger partial charge in [0.15, 0.2) is 0 Å². The third-order valence-electron chi connectivity index (χ3n) is 2.82. The zero-order valence-corrected chi connectivity index (χ0v) is 15.3. The molecule has 2 rings (SSSR count). The van der Waals surface area contributed by atoms with Gasteiger partial charge in [0.1, 0.15) is 5.75 Å². The molecule has 0 atom stereocenters. The van der Waals surface area contributed by atoms with E-state index < -0.39 is 0 Å². The fraction of sp³-hybridized carbons (Fsp3) is 0.133. The van der Waals surface area contributed by atoms with E-state index in [1.165, 1.54) is 0 Å². The Morgan fingerprint density at radius 2 is 1.86 bits per heavy atom. The minimum absolute atomic E-state index is 0.0908. The summed E-state index contributed by atoms with van der Waals surface area (Å²) in [6.45, 7) is 0.